The van der Waals surface area contributed by atoms with E-state index in [1.165, 1.54) is 22.4 Å². The molecule has 0 aliphatic carbocycles. The number of ether oxygens (including phenoxy) is 1. The summed E-state index contributed by atoms with van der Waals surface area (Å²) in [4.78, 5) is 31.3. The Balaban J connectivity index is 1.55. The Hall–Kier alpha value is -3.96. The van der Waals surface area contributed by atoms with Gasteiger partial charge in [0.2, 0.25) is 5.95 Å². The lowest BCUT2D eigenvalue weighted by Gasteiger charge is -2.15. The number of fused-ring (bicyclic) bond motifs is 1. The zero-order valence-electron chi connectivity index (χ0n) is 18.8. The number of hydrogen-bond donors (Lipinski definition) is 3. The van der Waals surface area contributed by atoms with Crippen molar-refractivity contribution in [3.8, 4) is 5.75 Å². The van der Waals surface area contributed by atoms with E-state index in [1.807, 2.05) is 48.5 Å². The minimum Gasteiger partial charge on any atom is -0.491 e. The molecule has 2 aromatic carbocycles. The molecule has 4 rings (SSSR count). The maximum absolute atomic E-state index is 12.6. The molecule has 0 spiro atoms. The van der Waals surface area contributed by atoms with Gasteiger partial charge < -0.3 is 14.4 Å². The first-order chi connectivity index (χ1) is 16.9. The summed E-state index contributed by atoms with van der Waals surface area (Å²) in [6.45, 7) is -0.0421. The number of allylic oxidation sites excluding steroid dienone is 1. The van der Waals surface area contributed by atoms with Crippen LogP contribution in [-0.2, 0) is 13.6 Å². The molecule has 0 amide bonds. The lowest BCUT2D eigenvalue weighted by molar-refractivity contribution is 0.0938. The van der Waals surface area contributed by atoms with Gasteiger partial charge in [0.15, 0.2) is 11.2 Å². The maximum atomic E-state index is 12.6. The molecule has 0 aliphatic rings. The monoisotopic (exact) mass is 538 g/mol. The van der Waals surface area contributed by atoms with E-state index >= 15 is 0 Å². The summed E-state index contributed by atoms with van der Waals surface area (Å²) in [5, 5.41) is 14.8. The molecule has 3 N–H and O–H groups in total. The summed E-state index contributed by atoms with van der Waals surface area (Å²) < 4.78 is 9.26. The summed E-state index contributed by atoms with van der Waals surface area (Å²) >= 11 is 3.36. The van der Waals surface area contributed by atoms with Crippen molar-refractivity contribution in [1.29, 1.82) is 0 Å². The fraction of sp³-hybridized carbons (Fsp3) is 0.167. The Morgan fingerprint density at radius 1 is 1.20 bits per heavy atom. The smallest absolute Gasteiger partial charge is 0.329 e. The van der Waals surface area contributed by atoms with Crippen LogP contribution in [-0.4, -0.2) is 43.1 Å². The Morgan fingerprint density at radius 2 is 1.94 bits per heavy atom. The first-order valence-electron chi connectivity index (χ1n) is 10.7. The van der Waals surface area contributed by atoms with E-state index in [1.54, 1.807) is 18.2 Å². The van der Waals surface area contributed by atoms with Crippen LogP contribution in [0.2, 0.25) is 0 Å². The lowest BCUT2D eigenvalue weighted by Crippen LogP contribution is -2.30. The van der Waals surface area contributed by atoms with Crippen LogP contribution < -0.4 is 21.4 Å². The van der Waals surface area contributed by atoms with Crippen LogP contribution in [0.25, 0.3) is 17.2 Å². The van der Waals surface area contributed by atoms with Gasteiger partial charge in [0.1, 0.15) is 18.5 Å². The second-order valence-corrected chi connectivity index (χ2v) is 8.53. The number of nitrogens with one attached hydrogen (secondary N) is 2. The van der Waals surface area contributed by atoms with Crippen molar-refractivity contribution in [3.05, 3.63) is 91.5 Å². The molecule has 0 saturated heterocycles. The second kappa shape index (κ2) is 11.0. The van der Waals surface area contributed by atoms with Crippen molar-refractivity contribution >= 4 is 45.3 Å². The summed E-state index contributed by atoms with van der Waals surface area (Å²) in [5.74, 6) is 0.787. The number of hydrazone groups is 1. The molecule has 1 atom stereocenters. The SMILES string of the molecule is Cn1c(=O)[nH]c(=O)c2c1nc(N/N=C\C=C/c1ccccc1)n2C[C@H](O)COc1ccc(Br)cc1. The van der Waals surface area contributed by atoms with Crippen molar-refractivity contribution in [3.63, 3.8) is 0 Å². The maximum Gasteiger partial charge on any atom is 0.329 e. The second-order valence-electron chi connectivity index (χ2n) is 7.62. The minimum absolute atomic E-state index is 0.0203. The Morgan fingerprint density at radius 3 is 2.69 bits per heavy atom. The quantitative estimate of drug-likeness (QED) is 0.222. The number of rotatable bonds is 9. The fourth-order valence-electron chi connectivity index (χ4n) is 3.34. The van der Waals surface area contributed by atoms with Gasteiger partial charge in [-0.1, -0.05) is 52.3 Å². The molecule has 0 unspecified atom stereocenters. The lowest BCUT2D eigenvalue weighted by atomic mass is 10.2. The van der Waals surface area contributed by atoms with Gasteiger partial charge in [0.25, 0.3) is 5.56 Å². The van der Waals surface area contributed by atoms with Gasteiger partial charge in [-0.05, 0) is 35.9 Å². The molecule has 2 heterocycles. The van der Waals surface area contributed by atoms with E-state index in [4.69, 9.17) is 4.74 Å². The highest BCUT2D eigenvalue weighted by Crippen LogP contribution is 2.18. The third-order valence-electron chi connectivity index (χ3n) is 5.07. The number of imidazole rings is 1. The van der Waals surface area contributed by atoms with Gasteiger partial charge in [-0.3, -0.25) is 14.3 Å². The van der Waals surface area contributed by atoms with Crippen LogP contribution in [0.5, 0.6) is 5.75 Å². The van der Waals surface area contributed by atoms with E-state index in [0.29, 0.717) is 5.75 Å². The number of hydrogen-bond acceptors (Lipinski definition) is 7. The van der Waals surface area contributed by atoms with Crippen LogP contribution in [0, 0.1) is 0 Å². The number of H-pyrrole nitrogens is 1. The topological polar surface area (TPSA) is 127 Å². The summed E-state index contributed by atoms with van der Waals surface area (Å²) in [6, 6.07) is 16.9. The van der Waals surface area contributed by atoms with Crippen LogP contribution in [0.4, 0.5) is 5.95 Å². The third kappa shape index (κ3) is 5.94. The molecule has 0 radical (unpaired) electrons. The van der Waals surface area contributed by atoms with Crippen molar-refractivity contribution in [2.24, 2.45) is 12.1 Å². The average molecular weight is 539 g/mol. The molecule has 11 heteroatoms. The van der Waals surface area contributed by atoms with E-state index in [2.05, 4.69) is 36.4 Å². The molecule has 0 saturated carbocycles. The normalized spacial score (nSPS) is 12.5. The first-order valence-corrected chi connectivity index (χ1v) is 11.5. The minimum atomic E-state index is -0.977. The van der Waals surface area contributed by atoms with E-state index in [0.717, 1.165) is 10.0 Å². The number of aliphatic hydroxyl groups excluding tert-OH is 1. The highest BCUT2D eigenvalue weighted by Gasteiger charge is 2.19. The number of aryl methyl sites for hydroxylation is 1. The van der Waals surface area contributed by atoms with Crippen molar-refractivity contribution in [1.82, 2.24) is 19.1 Å². The number of aromatic amines is 1. The number of halogens is 1. The van der Waals surface area contributed by atoms with Crippen molar-refractivity contribution in [2.45, 2.75) is 12.6 Å². The van der Waals surface area contributed by atoms with Crippen LogP contribution in [0.3, 0.4) is 0 Å². The molecule has 35 heavy (non-hydrogen) atoms. The van der Waals surface area contributed by atoms with Crippen LogP contribution in [0.1, 0.15) is 5.56 Å². The van der Waals surface area contributed by atoms with Gasteiger partial charge in [0.05, 0.1) is 6.54 Å². The van der Waals surface area contributed by atoms with Crippen molar-refractivity contribution < 1.29 is 9.84 Å². The molecular weight excluding hydrogens is 516 g/mol. The highest BCUT2D eigenvalue weighted by atomic mass is 79.9. The predicted molar refractivity (Wildman–Crippen MR) is 139 cm³/mol. The molecular formula is C24H23BrN6O4. The van der Waals surface area contributed by atoms with E-state index < -0.39 is 17.4 Å². The predicted octanol–water partition coefficient (Wildman–Crippen LogP) is 2.74. The molecule has 0 bridgehead atoms. The summed E-state index contributed by atoms with van der Waals surface area (Å²) in [6.07, 6.45) is 4.19. The number of anilines is 1. The Bertz CT molecular complexity index is 1470. The van der Waals surface area contributed by atoms with Gasteiger partial charge >= 0.3 is 5.69 Å². The average Bonchev–Trinajstić information content (AvgIpc) is 3.21. The molecule has 10 nitrogen and oxygen atoms in total. The van der Waals surface area contributed by atoms with Gasteiger partial charge in [-0.2, -0.15) is 10.1 Å². The number of aliphatic hydroxyl groups is 1. The first kappa shape index (κ1) is 24.2. The number of nitrogens with zero attached hydrogens (tertiary/aromatic N) is 4. The molecule has 0 aliphatic heterocycles. The van der Waals surface area contributed by atoms with E-state index in [-0.39, 0.29) is 30.3 Å². The summed E-state index contributed by atoms with van der Waals surface area (Å²) in [7, 11) is 1.50. The number of aromatic nitrogens is 4. The van der Waals surface area contributed by atoms with Crippen molar-refractivity contribution in [2.75, 3.05) is 12.0 Å². The van der Waals surface area contributed by atoms with Gasteiger partial charge in [-0.15, -0.1) is 0 Å². The standard InChI is InChI=1S/C24H23BrN6O4/c1-30-21-20(22(33)28-24(30)34)31(14-18(32)15-35-19-11-9-17(25)10-12-19)23(27-21)29-26-13-5-8-16-6-3-2-4-7-16/h2-13,18,32H,14-15H2,1H3,(H,27,29)(H,28,33,34)/b8-5-,26-13-/t18-/m0/s1. The molecule has 2 aromatic heterocycles. The zero-order chi connectivity index (χ0) is 24.8. The summed E-state index contributed by atoms with van der Waals surface area (Å²) in [5.41, 5.74) is 2.90. The molecule has 180 valence electrons. The van der Waals surface area contributed by atoms with Crippen LogP contribution >= 0.6 is 15.9 Å². The Labute approximate surface area is 208 Å². The molecule has 4 aromatic rings. The highest BCUT2D eigenvalue weighted by molar-refractivity contribution is 9.10. The largest absolute Gasteiger partial charge is 0.491 e. The van der Waals surface area contributed by atoms with Crippen LogP contribution in [0.15, 0.2) is 79.8 Å². The third-order valence-corrected chi connectivity index (χ3v) is 5.60. The zero-order valence-corrected chi connectivity index (χ0v) is 20.3. The molecule has 0 fully saturated rings. The van der Waals surface area contributed by atoms with E-state index in [9.17, 15) is 14.7 Å². The van der Waals surface area contributed by atoms with Gasteiger partial charge in [-0.25, -0.2) is 10.2 Å². The Kier molecular flexibility index (Phi) is 7.58. The number of benzene rings is 2. The van der Waals surface area contributed by atoms with Gasteiger partial charge in [0, 0.05) is 17.7 Å². The fourth-order valence-corrected chi connectivity index (χ4v) is 3.61.